The zero-order valence-electron chi connectivity index (χ0n) is 11.0. The number of carbonyl (C=O) groups excluding carboxylic acids is 1. The van der Waals surface area contributed by atoms with E-state index in [1.807, 2.05) is 4.90 Å². The number of likely N-dealkylation sites (tertiary alicyclic amines) is 1. The van der Waals surface area contributed by atoms with Crippen molar-refractivity contribution in [2.75, 3.05) is 26.7 Å². The summed E-state index contributed by atoms with van der Waals surface area (Å²) in [5.74, 6) is 0.760. The molecule has 1 aliphatic heterocycles. The Morgan fingerprint density at radius 1 is 1.41 bits per heavy atom. The summed E-state index contributed by atoms with van der Waals surface area (Å²) in [6.45, 7) is 4.71. The van der Waals surface area contributed by atoms with Crippen molar-refractivity contribution in [3.8, 4) is 0 Å². The molecule has 1 aliphatic carbocycles. The van der Waals surface area contributed by atoms with E-state index in [4.69, 9.17) is 4.74 Å². The Kier molecular flexibility index (Phi) is 3.92. The van der Waals surface area contributed by atoms with Gasteiger partial charge in [-0.2, -0.15) is 0 Å². The largest absolute Gasteiger partial charge is 0.376 e. The van der Waals surface area contributed by atoms with Gasteiger partial charge in [0.25, 0.3) is 0 Å². The molecule has 0 atom stereocenters. The molecule has 1 saturated carbocycles. The minimum Gasteiger partial charge on any atom is -0.376 e. The topological polar surface area (TPSA) is 41.6 Å². The number of methoxy groups -OCH3 is 1. The summed E-state index contributed by atoms with van der Waals surface area (Å²) < 4.78 is 5.50. The van der Waals surface area contributed by atoms with Crippen LogP contribution in [0.3, 0.4) is 0 Å². The van der Waals surface area contributed by atoms with Crippen molar-refractivity contribution in [2.24, 2.45) is 5.92 Å². The molecule has 0 unspecified atom stereocenters. The van der Waals surface area contributed by atoms with Crippen LogP contribution in [0.15, 0.2) is 0 Å². The van der Waals surface area contributed by atoms with Gasteiger partial charge in [0, 0.05) is 26.7 Å². The average molecular weight is 240 g/mol. The predicted molar refractivity (Wildman–Crippen MR) is 67.0 cm³/mol. The van der Waals surface area contributed by atoms with Gasteiger partial charge in [-0.05, 0) is 38.0 Å². The van der Waals surface area contributed by atoms with E-state index < -0.39 is 0 Å². The van der Waals surface area contributed by atoms with Crippen LogP contribution >= 0.6 is 0 Å². The van der Waals surface area contributed by atoms with Crippen molar-refractivity contribution in [1.82, 2.24) is 10.2 Å². The van der Waals surface area contributed by atoms with Gasteiger partial charge in [0.1, 0.15) is 0 Å². The molecule has 2 rings (SSSR count). The quantitative estimate of drug-likeness (QED) is 0.819. The number of nitrogens with one attached hydrogen (secondary N) is 1. The average Bonchev–Trinajstić information content (AvgIpc) is 2.29. The van der Waals surface area contributed by atoms with E-state index >= 15 is 0 Å². The number of carbonyl (C=O) groups is 1. The van der Waals surface area contributed by atoms with Crippen molar-refractivity contribution >= 4 is 6.03 Å². The van der Waals surface area contributed by atoms with Crippen molar-refractivity contribution in [3.05, 3.63) is 0 Å². The van der Waals surface area contributed by atoms with Crippen molar-refractivity contribution < 1.29 is 9.53 Å². The lowest BCUT2D eigenvalue weighted by atomic mass is 9.80. The summed E-state index contributed by atoms with van der Waals surface area (Å²) in [5, 5.41) is 3.02. The molecule has 1 N–H and O–H groups in total. The van der Waals surface area contributed by atoms with Crippen LogP contribution in [0.2, 0.25) is 0 Å². The Morgan fingerprint density at radius 2 is 2.06 bits per heavy atom. The smallest absolute Gasteiger partial charge is 0.317 e. The maximum Gasteiger partial charge on any atom is 0.317 e. The van der Waals surface area contributed by atoms with Crippen LogP contribution in [0.4, 0.5) is 4.79 Å². The Bertz CT molecular complexity index is 263. The lowest BCUT2D eigenvalue weighted by molar-refractivity contribution is -0.0679. The number of ether oxygens (including phenoxy) is 1. The molecule has 98 valence electrons. The highest BCUT2D eigenvalue weighted by Crippen LogP contribution is 2.34. The normalized spacial score (nSPS) is 24.2. The molecular weight excluding hydrogens is 216 g/mol. The van der Waals surface area contributed by atoms with Gasteiger partial charge in [0.05, 0.1) is 5.60 Å². The molecule has 2 fully saturated rings. The molecule has 1 saturated heterocycles. The minimum absolute atomic E-state index is 0.0707. The first-order chi connectivity index (χ1) is 8.15. The molecule has 0 spiro atoms. The number of rotatable bonds is 3. The molecule has 0 bridgehead atoms. The van der Waals surface area contributed by atoms with Gasteiger partial charge in [-0.1, -0.05) is 6.92 Å². The number of hydrogen-bond acceptors (Lipinski definition) is 2. The lowest BCUT2D eigenvalue weighted by Gasteiger charge is -2.41. The van der Waals surface area contributed by atoms with E-state index in [0.29, 0.717) is 6.54 Å². The first-order valence-electron chi connectivity index (χ1n) is 6.73. The van der Waals surface area contributed by atoms with Crippen LogP contribution in [0, 0.1) is 5.92 Å². The van der Waals surface area contributed by atoms with Gasteiger partial charge < -0.3 is 15.0 Å². The number of urea groups is 1. The maximum absolute atomic E-state index is 12.0. The first kappa shape index (κ1) is 12.7. The fourth-order valence-electron chi connectivity index (χ4n) is 2.58. The molecule has 0 aromatic carbocycles. The van der Waals surface area contributed by atoms with Crippen LogP contribution in [0.5, 0.6) is 0 Å². The van der Waals surface area contributed by atoms with E-state index in [1.54, 1.807) is 7.11 Å². The summed E-state index contributed by atoms with van der Waals surface area (Å²) in [6.07, 6.45) is 5.61. The second kappa shape index (κ2) is 5.25. The van der Waals surface area contributed by atoms with Crippen LogP contribution in [0.1, 0.15) is 39.0 Å². The van der Waals surface area contributed by atoms with Gasteiger partial charge in [-0.15, -0.1) is 0 Å². The molecule has 0 aromatic rings. The number of hydrogen-bond donors (Lipinski definition) is 1. The Balaban J connectivity index is 1.73. The minimum atomic E-state index is -0.0707. The second-order valence-corrected chi connectivity index (χ2v) is 5.57. The highest BCUT2D eigenvalue weighted by atomic mass is 16.5. The van der Waals surface area contributed by atoms with E-state index in [-0.39, 0.29) is 11.6 Å². The zero-order chi connectivity index (χ0) is 12.3. The molecule has 1 heterocycles. The van der Waals surface area contributed by atoms with E-state index in [9.17, 15) is 4.79 Å². The number of nitrogens with zero attached hydrogens (tertiary/aromatic N) is 1. The highest BCUT2D eigenvalue weighted by Gasteiger charge is 2.37. The monoisotopic (exact) mass is 240 g/mol. The van der Waals surface area contributed by atoms with Crippen LogP contribution < -0.4 is 5.32 Å². The summed E-state index contributed by atoms with van der Waals surface area (Å²) >= 11 is 0. The van der Waals surface area contributed by atoms with E-state index in [1.165, 1.54) is 6.42 Å². The standard InChI is InChI=1S/C13H24N2O2/c1-11-4-8-15(9-5-11)12(16)14-10-13(17-2)6-3-7-13/h11H,3-10H2,1-2H3,(H,14,16). The zero-order valence-corrected chi connectivity index (χ0v) is 11.0. The highest BCUT2D eigenvalue weighted by molar-refractivity contribution is 5.74. The predicted octanol–water partition coefficient (Wildman–Crippen LogP) is 2.00. The van der Waals surface area contributed by atoms with Crippen molar-refractivity contribution in [2.45, 2.75) is 44.6 Å². The molecular formula is C13H24N2O2. The lowest BCUT2D eigenvalue weighted by Crippen LogP contribution is -2.53. The summed E-state index contributed by atoms with van der Waals surface area (Å²) in [7, 11) is 1.74. The van der Waals surface area contributed by atoms with Crippen LogP contribution in [-0.4, -0.2) is 43.3 Å². The molecule has 2 amide bonds. The number of amides is 2. The third-order valence-corrected chi connectivity index (χ3v) is 4.33. The molecule has 0 aromatic heterocycles. The fourth-order valence-corrected chi connectivity index (χ4v) is 2.58. The fraction of sp³-hybridized carbons (Fsp3) is 0.923. The molecule has 4 heteroatoms. The van der Waals surface area contributed by atoms with Gasteiger partial charge in [-0.3, -0.25) is 0 Å². The van der Waals surface area contributed by atoms with Gasteiger partial charge in [-0.25, -0.2) is 4.79 Å². The van der Waals surface area contributed by atoms with Gasteiger partial charge in [0.15, 0.2) is 0 Å². The maximum atomic E-state index is 12.0. The molecule has 0 radical (unpaired) electrons. The number of piperidine rings is 1. The summed E-state index contributed by atoms with van der Waals surface area (Å²) in [5.41, 5.74) is -0.0707. The molecule has 2 aliphatic rings. The van der Waals surface area contributed by atoms with Crippen molar-refractivity contribution in [3.63, 3.8) is 0 Å². The van der Waals surface area contributed by atoms with Gasteiger partial charge >= 0.3 is 6.03 Å². The SMILES string of the molecule is COC1(CNC(=O)N2CCC(C)CC2)CCC1. The van der Waals surface area contributed by atoms with E-state index in [2.05, 4.69) is 12.2 Å². The van der Waals surface area contributed by atoms with Crippen LogP contribution in [0.25, 0.3) is 0 Å². The van der Waals surface area contributed by atoms with E-state index in [0.717, 1.165) is 44.7 Å². The summed E-state index contributed by atoms with van der Waals surface area (Å²) in [4.78, 5) is 13.9. The Labute approximate surface area is 104 Å². The third kappa shape index (κ3) is 2.92. The first-order valence-corrected chi connectivity index (χ1v) is 6.73. The van der Waals surface area contributed by atoms with Crippen LogP contribution in [-0.2, 0) is 4.74 Å². The molecule has 4 nitrogen and oxygen atoms in total. The second-order valence-electron chi connectivity index (χ2n) is 5.57. The van der Waals surface area contributed by atoms with Gasteiger partial charge in [0.2, 0.25) is 0 Å². The Hall–Kier alpha value is -0.770. The van der Waals surface area contributed by atoms with Crippen molar-refractivity contribution in [1.29, 1.82) is 0 Å². The third-order valence-electron chi connectivity index (χ3n) is 4.33. The summed E-state index contributed by atoms with van der Waals surface area (Å²) in [6, 6.07) is 0.0835. The molecule has 17 heavy (non-hydrogen) atoms. The Morgan fingerprint density at radius 3 is 2.53 bits per heavy atom.